The molecule has 2 rings (SSSR count). The second-order valence-electron chi connectivity index (χ2n) is 5.54. The molecule has 1 aromatic rings. The van der Waals surface area contributed by atoms with Gasteiger partial charge in [-0.05, 0) is 45.2 Å². The highest BCUT2D eigenvalue weighted by molar-refractivity contribution is 7.12. The standard InChI is InChI=1S/C15H24N2OS/c1-10-8-14(19-12(10)3)9-16-11(2)15(18)17-13-6-4-5-7-13/h8,11,13,16H,4-7,9H2,1-3H3,(H,17,18). The first-order valence-electron chi connectivity index (χ1n) is 7.16. The van der Waals surface area contributed by atoms with Crippen LogP contribution in [0.3, 0.4) is 0 Å². The van der Waals surface area contributed by atoms with E-state index in [4.69, 9.17) is 0 Å². The molecule has 1 saturated carbocycles. The fourth-order valence-electron chi connectivity index (χ4n) is 2.48. The van der Waals surface area contributed by atoms with Crippen LogP contribution in [0, 0.1) is 13.8 Å². The average molecular weight is 280 g/mol. The van der Waals surface area contributed by atoms with Crippen molar-refractivity contribution >= 4 is 17.2 Å². The lowest BCUT2D eigenvalue weighted by Gasteiger charge is -2.17. The summed E-state index contributed by atoms with van der Waals surface area (Å²) in [5, 5.41) is 6.45. The monoisotopic (exact) mass is 280 g/mol. The summed E-state index contributed by atoms with van der Waals surface area (Å²) < 4.78 is 0. The highest BCUT2D eigenvalue weighted by Crippen LogP contribution is 2.20. The van der Waals surface area contributed by atoms with Crippen molar-refractivity contribution in [2.75, 3.05) is 0 Å². The normalized spacial score (nSPS) is 17.6. The molecule has 0 aromatic carbocycles. The molecule has 0 saturated heterocycles. The van der Waals surface area contributed by atoms with Gasteiger partial charge < -0.3 is 10.6 Å². The zero-order valence-electron chi connectivity index (χ0n) is 12.1. The van der Waals surface area contributed by atoms with Crippen molar-refractivity contribution < 1.29 is 4.79 Å². The van der Waals surface area contributed by atoms with Gasteiger partial charge in [0.1, 0.15) is 0 Å². The molecule has 1 aromatic heterocycles. The first-order valence-corrected chi connectivity index (χ1v) is 7.97. The van der Waals surface area contributed by atoms with Gasteiger partial charge in [0, 0.05) is 22.3 Å². The van der Waals surface area contributed by atoms with Crippen LogP contribution in [0.15, 0.2) is 6.07 Å². The Morgan fingerprint density at radius 2 is 2.11 bits per heavy atom. The smallest absolute Gasteiger partial charge is 0.237 e. The van der Waals surface area contributed by atoms with E-state index in [1.165, 1.54) is 28.2 Å². The maximum Gasteiger partial charge on any atom is 0.237 e. The van der Waals surface area contributed by atoms with Crippen LogP contribution in [0.2, 0.25) is 0 Å². The Balaban J connectivity index is 1.76. The lowest BCUT2D eigenvalue weighted by atomic mass is 10.2. The first kappa shape index (κ1) is 14.5. The highest BCUT2D eigenvalue weighted by atomic mass is 32.1. The lowest BCUT2D eigenvalue weighted by Crippen LogP contribution is -2.45. The third kappa shape index (κ3) is 4.05. The summed E-state index contributed by atoms with van der Waals surface area (Å²) in [5.41, 5.74) is 1.34. The van der Waals surface area contributed by atoms with Crippen LogP contribution in [-0.4, -0.2) is 18.0 Å². The van der Waals surface area contributed by atoms with Gasteiger partial charge in [-0.25, -0.2) is 0 Å². The van der Waals surface area contributed by atoms with E-state index in [9.17, 15) is 4.79 Å². The summed E-state index contributed by atoms with van der Waals surface area (Å²) in [7, 11) is 0. The number of carbonyl (C=O) groups excluding carboxylic acids is 1. The van der Waals surface area contributed by atoms with Crippen molar-refractivity contribution in [3.05, 3.63) is 21.4 Å². The fourth-order valence-corrected chi connectivity index (χ4v) is 3.48. The molecule has 1 fully saturated rings. The van der Waals surface area contributed by atoms with Crippen LogP contribution in [0.1, 0.15) is 47.9 Å². The Morgan fingerprint density at radius 1 is 1.42 bits per heavy atom. The predicted octanol–water partition coefficient (Wildman–Crippen LogP) is 2.90. The SMILES string of the molecule is Cc1cc(CNC(C)C(=O)NC2CCCC2)sc1C. The second-order valence-corrected chi connectivity index (χ2v) is 6.89. The molecule has 4 heteroatoms. The van der Waals surface area contributed by atoms with Crippen LogP contribution in [0.4, 0.5) is 0 Å². The van der Waals surface area contributed by atoms with Gasteiger partial charge in [0.2, 0.25) is 5.91 Å². The van der Waals surface area contributed by atoms with Crippen LogP contribution in [0.25, 0.3) is 0 Å². The molecule has 0 radical (unpaired) electrons. The van der Waals surface area contributed by atoms with Crippen LogP contribution in [-0.2, 0) is 11.3 Å². The van der Waals surface area contributed by atoms with Gasteiger partial charge in [-0.3, -0.25) is 4.79 Å². The third-order valence-electron chi connectivity index (χ3n) is 3.89. The Labute approximate surface area is 119 Å². The van der Waals surface area contributed by atoms with Crippen molar-refractivity contribution in [2.24, 2.45) is 0 Å². The van der Waals surface area contributed by atoms with Gasteiger partial charge in [-0.2, -0.15) is 0 Å². The minimum absolute atomic E-state index is 0.122. The summed E-state index contributed by atoms with van der Waals surface area (Å²) >= 11 is 1.81. The second kappa shape index (κ2) is 6.53. The molecule has 19 heavy (non-hydrogen) atoms. The number of hydrogen-bond donors (Lipinski definition) is 2. The summed E-state index contributed by atoms with van der Waals surface area (Å²) in [6.07, 6.45) is 4.78. The molecule has 1 amide bonds. The molecule has 106 valence electrons. The Bertz CT molecular complexity index is 416. The van der Waals surface area contributed by atoms with E-state index in [-0.39, 0.29) is 11.9 Å². The molecule has 3 nitrogen and oxygen atoms in total. The van der Waals surface area contributed by atoms with Crippen molar-refractivity contribution in [3.8, 4) is 0 Å². The summed E-state index contributed by atoms with van der Waals surface area (Å²) in [5.74, 6) is 0.136. The maximum absolute atomic E-state index is 12.0. The van der Waals surface area contributed by atoms with Crippen molar-refractivity contribution in [2.45, 2.75) is 65.1 Å². The molecule has 1 aliphatic carbocycles. The minimum Gasteiger partial charge on any atom is -0.352 e. The van der Waals surface area contributed by atoms with E-state index >= 15 is 0 Å². The molecule has 1 atom stereocenters. The zero-order chi connectivity index (χ0) is 13.8. The molecule has 0 bridgehead atoms. The van der Waals surface area contributed by atoms with Gasteiger partial charge >= 0.3 is 0 Å². The first-order chi connectivity index (χ1) is 9.06. The van der Waals surface area contributed by atoms with Gasteiger partial charge in [0.25, 0.3) is 0 Å². The molecule has 0 spiro atoms. The molecule has 2 N–H and O–H groups in total. The summed E-state index contributed by atoms with van der Waals surface area (Å²) in [4.78, 5) is 14.7. The molecule has 1 heterocycles. The van der Waals surface area contributed by atoms with E-state index in [1.54, 1.807) is 11.3 Å². The van der Waals surface area contributed by atoms with Gasteiger partial charge in [-0.1, -0.05) is 12.8 Å². The van der Waals surface area contributed by atoms with E-state index in [0.717, 1.165) is 19.4 Å². The topological polar surface area (TPSA) is 41.1 Å². The summed E-state index contributed by atoms with van der Waals surface area (Å²) in [6.45, 7) is 6.99. The van der Waals surface area contributed by atoms with Gasteiger partial charge in [0.15, 0.2) is 0 Å². The van der Waals surface area contributed by atoms with Crippen LogP contribution >= 0.6 is 11.3 Å². The Kier molecular flexibility index (Phi) is 4.99. The molecular weight excluding hydrogens is 256 g/mol. The molecule has 0 aliphatic heterocycles. The van der Waals surface area contributed by atoms with Crippen molar-refractivity contribution in [3.63, 3.8) is 0 Å². The lowest BCUT2D eigenvalue weighted by molar-refractivity contribution is -0.123. The maximum atomic E-state index is 12.0. The Morgan fingerprint density at radius 3 is 2.68 bits per heavy atom. The number of thiophene rings is 1. The summed E-state index contributed by atoms with van der Waals surface area (Å²) in [6, 6.07) is 2.49. The van der Waals surface area contributed by atoms with Crippen LogP contribution < -0.4 is 10.6 Å². The number of carbonyl (C=O) groups is 1. The van der Waals surface area contributed by atoms with Crippen molar-refractivity contribution in [1.82, 2.24) is 10.6 Å². The number of rotatable bonds is 5. The zero-order valence-corrected chi connectivity index (χ0v) is 12.9. The van der Waals surface area contributed by atoms with E-state index in [1.807, 2.05) is 6.92 Å². The number of hydrogen-bond acceptors (Lipinski definition) is 3. The van der Waals surface area contributed by atoms with E-state index < -0.39 is 0 Å². The fraction of sp³-hybridized carbons (Fsp3) is 0.667. The van der Waals surface area contributed by atoms with Gasteiger partial charge in [-0.15, -0.1) is 11.3 Å². The van der Waals surface area contributed by atoms with Crippen molar-refractivity contribution in [1.29, 1.82) is 0 Å². The predicted molar refractivity (Wildman–Crippen MR) is 80.5 cm³/mol. The van der Waals surface area contributed by atoms with Gasteiger partial charge in [0.05, 0.1) is 6.04 Å². The molecular formula is C15H24N2OS. The highest BCUT2D eigenvalue weighted by Gasteiger charge is 2.20. The number of aryl methyl sites for hydroxylation is 2. The van der Waals surface area contributed by atoms with E-state index in [2.05, 4.69) is 30.5 Å². The molecule has 1 aliphatic rings. The largest absolute Gasteiger partial charge is 0.352 e. The quantitative estimate of drug-likeness (QED) is 0.871. The average Bonchev–Trinajstić information content (AvgIpc) is 2.97. The van der Waals surface area contributed by atoms with E-state index in [0.29, 0.717) is 6.04 Å². The number of nitrogens with one attached hydrogen (secondary N) is 2. The molecule has 1 unspecified atom stereocenters. The third-order valence-corrected chi connectivity index (χ3v) is 5.05. The number of amides is 1. The Hall–Kier alpha value is -0.870. The minimum atomic E-state index is -0.122. The van der Waals surface area contributed by atoms with Crippen LogP contribution in [0.5, 0.6) is 0 Å².